The Bertz CT molecular complexity index is 1580. The molecule has 1 aliphatic heterocycles. The average molecular weight is 551 g/mol. The number of benzene rings is 2. The summed E-state index contributed by atoms with van der Waals surface area (Å²) in [7, 11) is 1.53. The molecule has 1 aliphatic rings. The summed E-state index contributed by atoms with van der Waals surface area (Å²) in [5.74, 6) is 1.19. The smallest absolute Gasteiger partial charge is 0.319 e. The van der Waals surface area contributed by atoms with E-state index in [1.165, 1.54) is 12.7 Å². The van der Waals surface area contributed by atoms with Crippen LogP contribution in [0.25, 0.3) is 11.3 Å². The summed E-state index contributed by atoms with van der Waals surface area (Å²) in [6.07, 6.45) is 3.34. The molecule has 0 saturated carbocycles. The lowest BCUT2D eigenvalue weighted by Gasteiger charge is -2.32. The molecule has 1 saturated heterocycles. The zero-order valence-corrected chi connectivity index (χ0v) is 22.9. The third-order valence-corrected chi connectivity index (χ3v) is 7.25. The SMILES string of the molecule is COc1ncccc1-c1cc(CNC(=O)Nc2cc(C(=O)N3CCC(c4ccc(C#N)cc4)CC3)ccc2C)on1. The molecule has 1 fully saturated rings. The zero-order chi connectivity index (χ0) is 28.8. The summed E-state index contributed by atoms with van der Waals surface area (Å²) in [6.45, 7) is 3.28. The largest absolute Gasteiger partial charge is 0.481 e. The highest BCUT2D eigenvalue weighted by molar-refractivity contribution is 5.97. The number of amides is 3. The van der Waals surface area contributed by atoms with Crippen molar-refractivity contribution in [2.45, 2.75) is 32.2 Å². The highest BCUT2D eigenvalue weighted by Crippen LogP contribution is 2.30. The van der Waals surface area contributed by atoms with E-state index in [1.54, 1.807) is 30.5 Å². The van der Waals surface area contributed by atoms with E-state index in [0.717, 1.165) is 18.4 Å². The fourth-order valence-electron chi connectivity index (χ4n) is 4.92. The normalized spacial score (nSPS) is 13.3. The monoisotopic (exact) mass is 550 g/mol. The molecule has 5 rings (SSSR count). The summed E-state index contributed by atoms with van der Waals surface area (Å²) in [5, 5.41) is 18.7. The Kier molecular flexibility index (Phi) is 8.25. The van der Waals surface area contributed by atoms with Crippen molar-refractivity contribution in [3.05, 3.63) is 94.9 Å². The Balaban J connectivity index is 1.16. The van der Waals surface area contributed by atoms with Crippen molar-refractivity contribution < 1.29 is 18.8 Å². The number of carbonyl (C=O) groups is 2. The predicted octanol–water partition coefficient (Wildman–Crippen LogP) is 5.27. The minimum absolute atomic E-state index is 0.0632. The van der Waals surface area contributed by atoms with Crippen LogP contribution < -0.4 is 15.4 Å². The number of anilines is 1. The molecular formula is C31H30N6O4. The fraction of sp³-hybridized carbons (Fsp3) is 0.258. The number of urea groups is 1. The number of nitriles is 1. The van der Waals surface area contributed by atoms with Crippen molar-refractivity contribution in [3.63, 3.8) is 0 Å². The van der Waals surface area contributed by atoms with Crippen LogP contribution in [0.5, 0.6) is 5.88 Å². The van der Waals surface area contributed by atoms with Crippen LogP contribution in [0, 0.1) is 18.3 Å². The van der Waals surface area contributed by atoms with E-state index in [0.29, 0.717) is 58.7 Å². The molecule has 0 bridgehead atoms. The number of aryl methyl sites for hydroxylation is 1. The number of rotatable bonds is 7. The van der Waals surface area contributed by atoms with Gasteiger partial charge in [-0.3, -0.25) is 4.79 Å². The number of nitrogens with zero attached hydrogens (tertiary/aromatic N) is 4. The number of hydrogen-bond donors (Lipinski definition) is 2. The molecule has 10 nitrogen and oxygen atoms in total. The number of likely N-dealkylation sites (tertiary alicyclic amines) is 1. The van der Waals surface area contributed by atoms with E-state index in [-0.39, 0.29) is 12.5 Å². The maximum Gasteiger partial charge on any atom is 0.319 e. The van der Waals surface area contributed by atoms with Gasteiger partial charge < -0.3 is 24.8 Å². The van der Waals surface area contributed by atoms with Gasteiger partial charge >= 0.3 is 6.03 Å². The first-order valence-corrected chi connectivity index (χ1v) is 13.3. The van der Waals surface area contributed by atoms with Crippen LogP contribution in [0.2, 0.25) is 0 Å². The van der Waals surface area contributed by atoms with Gasteiger partial charge in [0.2, 0.25) is 5.88 Å². The van der Waals surface area contributed by atoms with Crippen LogP contribution >= 0.6 is 0 Å². The summed E-state index contributed by atoms with van der Waals surface area (Å²) in [4.78, 5) is 32.0. The Hall–Kier alpha value is -5.17. The number of aromatic nitrogens is 2. The number of piperidine rings is 1. The van der Waals surface area contributed by atoms with E-state index >= 15 is 0 Å². The lowest BCUT2D eigenvalue weighted by molar-refractivity contribution is 0.0713. The maximum absolute atomic E-state index is 13.3. The Morgan fingerprint density at radius 2 is 1.90 bits per heavy atom. The first kappa shape index (κ1) is 27.4. The van der Waals surface area contributed by atoms with E-state index in [2.05, 4.69) is 26.8 Å². The fourth-order valence-corrected chi connectivity index (χ4v) is 4.92. The van der Waals surface area contributed by atoms with Crippen molar-refractivity contribution in [2.24, 2.45) is 0 Å². The van der Waals surface area contributed by atoms with Crippen LogP contribution in [-0.2, 0) is 6.54 Å². The number of methoxy groups -OCH3 is 1. The molecule has 0 aliphatic carbocycles. The molecule has 41 heavy (non-hydrogen) atoms. The molecule has 2 N–H and O–H groups in total. The molecule has 2 aromatic heterocycles. The van der Waals surface area contributed by atoms with Crippen LogP contribution in [0.4, 0.5) is 10.5 Å². The second-order valence-corrected chi connectivity index (χ2v) is 9.88. The minimum Gasteiger partial charge on any atom is -0.481 e. The third kappa shape index (κ3) is 6.36. The number of carbonyl (C=O) groups excluding carboxylic acids is 2. The van der Waals surface area contributed by atoms with Gasteiger partial charge in [-0.2, -0.15) is 5.26 Å². The van der Waals surface area contributed by atoms with Gasteiger partial charge in [0, 0.05) is 36.6 Å². The van der Waals surface area contributed by atoms with Crippen molar-refractivity contribution in [1.29, 1.82) is 5.26 Å². The molecule has 3 heterocycles. The lowest BCUT2D eigenvalue weighted by atomic mass is 9.89. The zero-order valence-electron chi connectivity index (χ0n) is 22.9. The number of pyridine rings is 1. The summed E-state index contributed by atoms with van der Waals surface area (Å²) in [6, 6.07) is 20.0. The van der Waals surface area contributed by atoms with E-state index in [4.69, 9.17) is 14.5 Å². The minimum atomic E-state index is -0.433. The van der Waals surface area contributed by atoms with Crippen molar-refractivity contribution >= 4 is 17.6 Å². The third-order valence-electron chi connectivity index (χ3n) is 7.25. The average Bonchev–Trinajstić information content (AvgIpc) is 3.50. The first-order chi connectivity index (χ1) is 19.9. The summed E-state index contributed by atoms with van der Waals surface area (Å²) < 4.78 is 10.6. The first-order valence-electron chi connectivity index (χ1n) is 13.3. The van der Waals surface area contributed by atoms with Gasteiger partial charge in [0.1, 0.15) is 5.69 Å². The predicted molar refractivity (Wildman–Crippen MR) is 152 cm³/mol. The second-order valence-electron chi connectivity index (χ2n) is 9.88. The van der Waals surface area contributed by atoms with Gasteiger partial charge in [0.05, 0.1) is 30.9 Å². The van der Waals surface area contributed by atoms with Gasteiger partial charge in [0.15, 0.2) is 5.76 Å². The summed E-state index contributed by atoms with van der Waals surface area (Å²) in [5.41, 5.74) is 4.99. The van der Waals surface area contributed by atoms with E-state index in [1.807, 2.05) is 48.2 Å². The standard InChI is InChI=1S/C31H30N6O4/c1-20-5-8-24(30(38)37-14-11-23(12-15-37)22-9-6-21(18-32)7-10-22)16-27(20)35-31(39)34-19-25-17-28(36-41-25)26-4-3-13-33-29(26)40-2/h3-10,13,16-17,23H,11-12,14-15,19H2,1-2H3,(H2,34,35,39). The highest BCUT2D eigenvalue weighted by Gasteiger charge is 2.25. The number of ether oxygens (including phenoxy) is 1. The lowest BCUT2D eigenvalue weighted by Crippen LogP contribution is -2.38. The quantitative estimate of drug-likeness (QED) is 0.320. The van der Waals surface area contributed by atoms with Crippen LogP contribution in [0.3, 0.4) is 0 Å². The van der Waals surface area contributed by atoms with Gasteiger partial charge in [-0.05, 0) is 73.2 Å². The van der Waals surface area contributed by atoms with Gasteiger partial charge in [-0.15, -0.1) is 0 Å². The van der Waals surface area contributed by atoms with E-state index < -0.39 is 6.03 Å². The molecule has 4 aromatic rings. The van der Waals surface area contributed by atoms with Gasteiger partial charge in [-0.1, -0.05) is 23.4 Å². The molecule has 10 heteroatoms. The van der Waals surface area contributed by atoms with Crippen LogP contribution in [0.1, 0.15) is 51.6 Å². The topological polar surface area (TPSA) is 133 Å². The highest BCUT2D eigenvalue weighted by atomic mass is 16.5. The second kappa shape index (κ2) is 12.3. The molecule has 0 atom stereocenters. The van der Waals surface area contributed by atoms with Gasteiger partial charge in [-0.25, -0.2) is 9.78 Å². The number of nitrogens with one attached hydrogen (secondary N) is 2. The Labute approximate surface area is 237 Å². The van der Waals surface area contributed by atoms with Crippen molar-refractivity contribution in [3.8, 4) is 23.2 Å². The molecule has 0 radical (unpaired) electrons. The van der Waals surface area contributed by atoms with Gasteiger partial charge in [0.25, 0.3) is 5.91 Å². The Morgan fingerprint density at radius 3 is 2.63 bits per heavy atom. The molecule has 2 aromatic carbocycles. The molecular weight excluding hydrogens is 520 g/mol. The molecule has 0 unspecified atom stereocenters. The van der Waals surface area contributed by atoms with Crippen LogP contribution in [-0.4, -0.2) is 47.2 Å². The molecule has 3 amide bonds. The summed E-state index contributed by atoms with van der Waals surface area (Å²) >= 11 is 0. The maximum atomic E-state index is 13.3. The Morgan fingerprint density at radius 1 is 1.12 bits per heavy atom. The molecule has 208 valence electrons. The number of hydrogen-bond acceptors (Lipinski definition) is 7. The van der Waals surface area contributed by atoms with Crippen molar-refractivity contribution in [2.75, 3.05) is 25.5 Å². The van der Waals surface area contributed by atoms with Crippen LogP contribution in [0.15, 0.2) is 71.4 Å². The molecule has 0 spiro atoms. The van der Waals surface area contributed by atoms with Crippen molar-refractivity contribution in [1.82, 2.24) is 20.4 Å². The van der Waals surface area contributed by atoms with E-state index in [9.17, 15) is 9.59 Å².